The summed E-state index contributed by atoms with van der Waals surface area (Å²) >= 11 is 0. The molecule has 0 atom stereocenters. The van der Waals surface area contributed by atoms with E-state index >= 15 is 0 Å². The van der Waals surface area contributed by atoms with Crippen molar-refractivity contribution in [1.82, 2.24) is 4.57 Å². The summed E-state index contributed by atoms with van der Waals surface area (Å²) in [6.45, 7) is 0. The monoisotopic (exact) mass is 163 g/mol. The summed E-state index contributed by atoms with van der Waals surface area (Å²) < 4.78 is 2.07. The van der Waals surface area contributed by atoms with Crippen molar-refractivity contribution < 1.29 is 4.79 Å². The molecule has 0 radical (unpaired) electrons. The van der Waals surface area contributed by atoms with Crippen LogP contribution in [0.2, 0.25) is 0 Å². The molecule has 1 aromatic heterocycles. The van der Waals surface area contributed by atoms with Crippen LogP contribution in [0.1, 0.15) is 35.3 Å². The third kappa shape index (κ3) is 1.07. The van der Waals surface area contributed by atoms with E-state index in [4.69, 9.17) is 0 Å². The summed E-state index contributed by atoms with van der Waals surface area (Å²) in [5, 5.41) is 0. The summed E-state index contributed by atoms with van der Waals surface area (Å²) in [7, 11) is 2.01. The number of ketones is 1. The molecule has 0 saturated carbocycles. The van der Waals surface area contributed by atoms with Crippen molar-refractivity contribution >= 4 is 5.78 Å². The molecule has 0 aromatic carbocycles. The van der Waals surface area contributed by atoms with Crippen molar-refractivity contribution in [2.24, 2.45) is 7.05 Å². The van der Waals surface area contributed by atoms with Crippen LogP contribution in [0.25, 0.3) is 0 Å². The van der Waals surface area contributed by atoms with Gasteiger partial charge in [0.1, 0.15) is 0 Å². The molecule has 1 aliphatic carbocycles. The number of nitrogens with zero attached hydrogens (tertiary/aromatic N) is 1. The molecule has 0 amide bonds. The molecule has 0 bridgehead atoms. The van der Waals surface area contributed by atoms with Crippen LogP contribution in [-0.2, 0) is 13.5 Å². The quantitative estimate of drug-likeness (QED) is 0.536. The van der Waals surface area contributed by atoms with Gasteiger partial charge < -0.3 is 4.57 Å². The number of hydrogen-bond donors (Lipinski definition) is 0. The fraction of sp³-hybridized carbons (Fsp3) is 0.500. The van der Waals surface area contributed by atoms with E-state index < -0.39 is 0 Å². The minimum absolute atomic E-state index is 0.322. The fourth-order valence-corrected chi connectivity index (χ4v) is 1.84. The highest BCUT2D eigenvalue weighted by Gasteiger charge is 2.17. The second kappa shape index (κ2) is 2.77. The average Bonchev–Trinajstić information content (AvgIpc) is 2.30. The second-order valence-electron chi connectivity index (χ2n) is 3.42. The lowest BCUT2D eigenvalue weighted by Gasteiger charge is -2.00. The van der Waals surface area contributed by atoms with Crippen LogP contribution in [0.15, 0.2) is 12.3 Å². The van der Waals surface area contributed by atoms with Gasteiger partial charge >= 0.3 is 0 Å². The van der Waals surface area contributed by atoms with E-state index in [2.05, 4.69) is 4.57 Å². The van der Waals surface area contributed by atoms with Gasteiger partial charge in [0.2, 0.25) is 0 Å². The highest BCUT2D eigenvalue weighted by molar-refractivity contribution is 5.97. The minimum atomic E-state index is 0.322. The maximum Gasteiger partial charge on any atom is 0.164 e. The third-order valence-corrected chi connectivity index (χ3v) is 2.57. The molecule has 1 aromatic rings. The Kier molecular flexibility index (Phi) is 1.75. The van der Waals surface area contributed by atoms with Crippen LogP contribution in [0.5, 0.6) is 0 Å². The fourth-order valence-electron chi connectivity index (χ4n) is 1.84. The Labute approximate surface area is 72.2 Å². The van der Waals surface area contributed by atoms with Crippen LogP contribution in [0.3, 0.4) is 0 Å². The van der Waals surface area contributed by atoms with Gasteiger partial charge in [-0.2, -0.15) is 0 Å². The summed E-state index contributed by atoms with van der Waals surface area (Å²) in [5.41, 5.74) is 2.17. The standard InChI is InChI=1S/C10H13NO/c1-11-7-6-8-9(11)4-2-3-5-10(8)12/h6-7H,2-5H2,1H3. The molecule has 0 fully saturated rings. The predicted molar refractivity (Wildman–Crippen MR) is 47.3 cm³/mol. The molecule has 0 aliphatic heterocycles. The van der Waals surface area contributed by atoms with Gasteiger partial charge in [-0.05, 0) is 25.3 Å². The molecule has 1 aliphatic rings. The van der Waals surface area contributed by atoms with Gasteiger partial charge in [-0.3, -0.25) is 4.79 Å². The SMILES string of the molecule is Cn1ccc2c1CCCCC2=O. The topological polar surface area (TPSA) is 22.0 Å². The zero-order valence-electron chi connectivity index (χ0n) is 7.34. The summed E-state index contributed by atoms with van der Waals surface area (Å²) in [5.74, 6) is 0.322. The number of carbonyl (C=O) groups excluding carboxylic acids is 1. The zero-order valence-corrected chi connectivity index (χ0v) is 7.34. The van der Waals surface area contributed by atoms with Gasteiger partial charge in [0.25, 0.3) is 0 Å². The highest BCUT2D eigenvalue weighted by atomic mass is 16.1. The first-order valence-electron chi connectivity index (χ1n) is 4.46. The van der Waals surface area contributed by atoms with Crippen LogP contribution in [0.4, 0.5) is 0 Å². The normalized spacial score (nSPS) is 17.2. The summed E-state index contributed by atoms with van der Waals surface area (Å²) in [6, 6.07) is 1.95. The smallest absolute Gasteiger partial charge is 0.164 e. The lowest BCUT2D eigenvalue weighted by Crippen LogP contribution is -2.00. The third-order valence-electron chi connectivity index (χ3n) is 2.57. The molecule has 2 rings (SSSR count). The Morgan fingerprint density at radius 3 is 2.92 bits per heavy atom. The largest absolute Gasteiger partial charge is 0.354 e. The minimum Gasteiger partial charge on any atom is -0.354 e. The Morgan fingerprint density at radius 2 is 2.08 bits per heavy atom. The molecule has 0 saturated heterocycles. The van der Waals surface area contributed by atoms with Crippen molar-refractivity contribution in [3.8, 4) is 0 Å². The molecular weight excluding hydrogens is 150 g/mol. The number of rotatable bonds is 0. The van der Waals surface area contributed by atoms with E-state index in [1.54, 1.807) is 0 Å². The van der Waals surface area contributed by atoms with Crippen molar-refractivity contribution in [3.63, 3.8) is 0 Å². The number of carbonyl (C=O) groups is 1. The van der Waals surface area contributed by atoms with Gasteiger partial charge in [-0.1, -0.05) is 0 Å². The van der Waals surface area contributed by atoms with Crippen LogP contribution in [-0.4, -0.2) is 10.4 Å². The van der Waals surface area contributed by atoms with E-state index in [1.165, 1.54) is 5.69 Å². The summed E-state index contributed by atoms with van der Waals surface area (Å²) in [4.78, 5) is 11.5. The number of aryl methyl sites for hydroxylation is 1. The number of Topliss-reactive ketones (excluding diaryl/α,β-unsaturated/α-hetero) is 1. The Morgan fingerprint density at radius 1 is 1.33 bits per heavy atom. The zero-order chi connectivity index (χ0) is 8.55. The van der Waals surface area contributed by atoms with Gasteiger partial charge in [0.15, 0.2) is 5.78 Å². The molecule has 2 heteroatoms. The lowest BCUT2D eigenvalue weighted by molar-refractivity contribution is 0.0982. The molecule has 2 nitrogen and oxygen atoms in total. The van der Waals surface area contributed by atoms with Gasteiger partial charge in [-0.15, -0.1) is 0 Å². The Hall–Kier alpha value is -1.05. The molecule has 0 N–H and O–H groups in total. The van der Waals surface area contributed by atoms with Crippen molar-refractivity contribution in [2.45, 2.75) is 25.7 Å². The van der Waals surface area contributed by atoms with Gasteiger partial charge in [0, 0.05) is 30.9 Å². The highest BCUT2D eigenvalue weighted by Crippen LogP contribution is 2.20. The van der Waals surface area contributed by atoms with Gasteiger partial charge in [-0.25, -0.2) is 0 Å². The van der Waals surface area contributed by atoms with Crippen molar-refractivity contribution in [3.05, 3.63) is 23.5 Å². The van der Waals surface area contributed by atoms with Crippen LogP contribution >= 0.6 is 0 Å². The maximum absolute atomic E-state index is 11.5. The van der Waals surface area contributed by atoms with E-state index in [0.29, 0.717) is 5.78 Å². The predicted octanol–water partition coefficient (Wildman–Crippen LogP) is 1.93. The van der Waals surface area contributed by atoms with E-state index in [1.807, 2.05) is 19.3 Å². The first kappa shape index (κ1) is 7.59. The molecule has 64 valence electrons. The van der Waals surface area contributed by atoms with Crippen LogP contribution in [0, 0.1) is 0 Å². The first-order valence-corrected chi connectivity index (χ1v) is 4.46. The van der Waals surface area contributed by atoms with Crippen molar-refractivity contribution in [2.75, 3.05) is 0 Å². The second-order valence-corrected chi connectivity index (χ2v) is 3.42. The molecule has 0 spiro atoms. The van der Waals surface area contributed by atoms with Crippen molar-refractivity contribution in [1.29, 1.82) is 0 Å². The first-order chi connectivity index (χ1) is 5.79. The molecule has 1 heterocycles. The summed E-state index contributed by atoms with van der Waals surface area (Å²) in [6.07, 6.45) is 5.97. The average molecular weight is 163 g/mol. The van der Waals surface area contributed by atoms with E-state index in [0.717, 1.165) is 31.2 Å². The number of aromatic nitrogens is 1. The number of hydrogen-bond acceptors (Lipinski definition) is 1. The Bertz CT molecular complexity index is 312. The molecule has 12 heavy (non-hydrogen) atoms. The van der Waals surface area contributed by atoms with E-state index in [-0.39, 0.29) is 0 Å². The van der Waals surface area contributed by atoms with Crippen LogP contribution < -0.4 is 0 Å². The number of fused-ring (bicyclic) bond motifs is 1. The Balaban J connectivity index is 2.47. The molecule has 0 unspecified atom stereocenters. The maximum atomic E-state index is 11.5. The lowest BCUT2D eigenvalue weighted by atomic mass is 10.1. The van der Waals surface area contributed by atoms with Gasteiger partial charge in [0.05, 0.1) is 0 Å². The molecular formula is C10H13NO. The van der Waals surface area contributed by atoms with E-state index in [9.17, 15) is 4.79 Å².